The van der Waals surface area contributed by atoms with Crippen LogP contribution in [0.4, 0.5) is 15.6 Å². The minimum absolute atomic E-state index is 0.0663. The highest BCUT2D eigenvalue weighted by atomic mass is 32.1. The topological polar surface area (TPSA) is 74.3 Å². The van der Waals surface area contributed by atoms with Crippen molar-refractivity contribution < 1.29 is 9.59 Å². The molecule has 1 aromatic heterocycles. The Balaban J connectivity index is 2.18. The molecule has 0 unspecified atom stereocenters. The van der Waals surface area contributed by atoms with Crippen LogP contribution in [0.25, 0.3) is 0 Å². The quantitative estimate of drug-likeness (QED) is 0.714. The summed E-state index contributed by atoms with van der Waals surface area (Å²) in [6.07, 6.45) is 0. The van der Waals surface area contributed by atoms with Crippen molar-refractivity contribution in [3.05, 3.63) is 39.4 Å². The van der Waals surface area contributed by atoms with E-state index >= 15 is 0 Å². The Morgan fingerprint density at radius 3 is 2.07 bits per heavy atom. The van der Waals surface area contributed by atoms with E-state index in [1.54, 1.807) is 11.8 Å². The fourth-order valence-electron chi connectivity index (χ4n) is 3.16. The zero-order valence-electron chi connectivity index (χ0n) is 17.9. The first-order valence-electron chi connectivity index (χ1n) is 9.47. The third kappa shape index (κ3) is 4.90. The number of anilines is 2. The molecule has 0 aliphatic carbocycles. The van der Waals surface area contributed by atoms with Crippen LogP contribution in [0.2, 0.25) is 0 Å². The third-order valence-electron chi connectivity index (χ3n) is 4.65. The van der Waals surface area contributed by atoms with Gasteiger partial charge in [0, 0.05) is 17.8 Å². The zero-order valence-corrected chi connectivity index (χ0v) is 18.7. The molecule has 7 heteroatoms. The van der Waals surface area contributed by atoms with Crippen LogP contribution < -0.4 is 10.6 Å². The van der Waals surface area contributed by atoms with Crippen molar-refractivity contribution >= 4 is 34.1 Å². The number of thiazole rings is 1. The van der Waals surface area contributed by atoms with Gasteiger partial charge in [0.2, 0.25) is 0 Å². The Kier molecular flexibility index (Phi) is 6.82. The number of carbonyl (C=O) groups is 2. The molecule has 2 N–H and O–H groups in total. The number of nitrogens with one attached hydrogen (secondary N) is 2. The van der Waals surface area contributed by atoms with Crippen LogP contribution in [0, 0.1) is 27.7 Å². The number of hydrogen-bond donors (Lipinski definition) is 2. The Morgan fingerprint density at radius 2 is 1.50 bits per heavy atom. The van der Waals surface area contributed by atoms with Crippen molar-refractivity contribution in [1.82, 2.24) is 9.88 Å². The number of benzene rings is 1. The molecule has 2 aromatic rings. The summed E-state index contributed by atoms with van der Waals surface area (Å²) in [4.78, 5) is 31.9. The number of hydrogen-bond acceptors (Lipinski definition) is 4. The van der Waals surface area contributed by atoms with Crippen LogP contribution in [-0.2, 0) is 0 Å². The van der Waals surface area contributed by atoms with Gasteiger partial charge in [-0.2, -0.15) is 0 Å². The lowest BCUT2D eigenvalue weighted by atomic mass is 10.0. The van der Waals surface area contributed by atoms with Gasteiger partial charge in [-0.25, -0.2) is 9.78 Å². The molecule has 1 heterocycles. The summed E-state index contributed by atoms with van der Waals surface area (Å²) in [6.45, 7) is 15.7. The summed E-state index contributed by atoms with van der Waals surface area (Å²) >= 11 is 1.19. The first kappa shape index (κ1) is 21.9. The molecular formula is C21H30N4O2S. The molecule has 2 rings (SSSR count). The summed E-state index contributed by atoms with van der Waals surface area (Å²) in [5, 5.41) is 6.22. The lowest BCUT2D eigenvalue weighted by Gasteiger charge is -2.30. The average Bonchev–Trinajstić information content (AvgIpc) is 2.92. The molecule has 3 amide bonds. The van der Waals surface area contributed by atoms with Gasteiger partial charge in [0.25, 0.3) is 5.91 Å². The molecule has 0 spiro atoms. The first-order chi connectivity index (χ1) is 13.0. The second kappa shape index (κ2) is 8.73. The van der Waals surface area contributed by atoms with Gasteiger partial charge in [0.05, 0.1) is 5.69 Å². The number of nitrogens with zero attached hydrogens (tertiary/aromatic N) is 2. The molecule has 0 aliphatic heterocycles. The summed E-state index contributed by atoms with van der Waals surface area (Å²) < 4.78 is 0. The van der Waals surface area contributed by atoms with Gasteiger partial charge < -0.3 is 10.2 Å². The van der Waals surface area contributed by atoms with E-state index in [1.807, 2.05) is 54.5 Å². The van der Waals surface area contributed by atoms with E-state index in [9.17, 15) is 9.59 Å². The van der Waals surface area contributed by atoms with Gasteiger partial charge in [-0.1, -0.05) is 17.4 Å². The molecule has 28 heavy (non-hydrogen) atoms. The predicted octanol–water partition coefficient (Wildman–Crippen LogP) is 5.28. The number of aromatic nitrogens is 1. The summed E-state index contributed by atoms with van der Waals surface area (Å²) in [5.41, 5.74) is 4.71. The van der Waals surface area contributed by atoms with Gasteiger partial charge in [0.1, 0.15) is 4.88 Å². The second-order valence-electron chi connectivity index (χ2n) is 7.66. The van der Waals surface area contributed by atoms with Crippen molar-refractivity contribution in [2.24, 2.45) is 0 Å². The fraction of sp³-hybridized carbons (Fsp3) is 0.476. The van der Waals surface area contributed by atoms with Crippen molar-refractivity contribution in [1.29, 1.82) is 0 Å². The van der Waals surface area contributed by atoms with Crippen LogP contribution >= 0.6 is 11.3 Å². The van der Waals surface area contributed by atoms with Crippen LogP contribution in [0.1, 0.15) is 59.8 Å². The van der Waals surface area contributed by atoms with Crippen molar-refractivity contribution in [3.63, 3.8) is 0 Å². The van der Waals surface area contributed by atoms with Crippen LogP contribution in [0.15, 0.2) is 12.1 Å². The normalized spacial score (nSPS) is 11.1. The van der Waals surface area contributed by atoms with Gasteiger partial charge in [0.15, 0.2) is 5.13 Å². The average molecular weight is 403 g/mol. The number of urea groups is 1. The van der Waals surface area contributed by atoms with Gasteiger partial charge >= 0.3 is 6.03 Å². The maximum atomic E-state index is 12.8. The highest BCUT2D eigenvalue weighted by molar-refractivity contribution is 7.17. The molecule has 0 saturated heterocycles. The van der Waals surface area contributed by atoms with Crippen LogP contribution in [-0.4, -0.2) is 33.9 Å². The Bertz CT molecular complexity index is 879. The SMILES string of the molecule is Cc1cc(C)c(NC(=O)c2sc(NC(=O)N(C(C)C)C(C)C)nc2C)cc1C. The maximum absolute atomic E-state index is 12.8. The summed E-state index contributed by atoms with van der Waals surface area (Å²) in [6, 6.07) is 3.96. The minimum atomic E-state index is -0.216. The minimum Gasteiger partial charge on any atom is -0.321 e. The molecule has 1 aromatic carbocycles. The van der Waals surface area contributed by atoms with Crippen molar-refractivity contribution in [2.75, 3.05) is 10.6 Å². The summed E-state index contributed by atoms with van der Waals surface area (Å²) in [7, 11) is 0. The third-order valence-corrected chi connectivity index (χ3v) is 5.72. The van der Waals surface area contributed by atoms with Gasteiger partial charge in [-0.15, -0.1) is 0 Å². The molecule has 152 valence electrons. The van der Waals surface area contributed by atoms with Crippen LogP contribution in [0.3, 0.4) is 0 Å². The van der Waals surface area contributed by atoms with Gasteiger partial charge in [-0.05, 0) is 78.1 Å². The molecule has 0 fully saturated rings. The Labute approximate surface area is 171 Å². The van der Waals surface area contributed by atoms with E-state index < -0.39 is 0 Å². The Morgan fingerprint density at radius 1 is 0.929 bits per heavy atom. The maximum Gasteiger partial charge on any atom is 0.324 e. The second-order valence-corrected chi connectivity index (χ2v) is 8.66. The lowest BCUT2D eigenvalue weighted by molar-refractivity contribution is 0.102. The first-order valence-corrected chi connectivity index (χ1v) is 10.3. The van der Waals surface area contributed by atoms with Crippen LogP contribution in [0.5, 0.6) is 0 Å². The number of amides is 3. The highest BCUT2D eigenvalue weighted by Gasteiger charge is 2.23. The molecule has 0 saturated carbocycles. The smallest absolute Gasteiger partial charge is 0.321 e. The predicted molar refractivity (Wildman–Crippen MR) is 117 cm³/mol. The van der Waals surface area contributed by atoms with Gasteiger partial charge in [-0.3, -0.25) is 10.1 Å². The van der Waals surface area contributed by atoms with E-state index in [0.717, 1.165) is 16.8 Å². The van der Waals surface area contributed by atoms with E-state index in [0.29, 0.717) is 15.7 Å². The number of carbonyl (C=O) groups excluding carboxylic acids is 2. The summed E-state index contributed by atoms with van der Waals surface area (Å²) in [5.74, 6) is -0.216. The number of rotatable bonds is 5. The van der Waals surface area contributed by atoms with Crippen molar-refractivity contribution in [2.45, 2.75) is 67.5 Å². The van der Waals surface area contributed by atoms with E-state index in [-0.39, 0.29) is 24.0 Å². The largest absolute Gasteiger partial charge is 0.324 e. The standard InChI is InChI=1S/C21H30N4O2S/c1-11(2)25(12(3)4)21(27)24-20-22-16(8)18(28-20)19(26)23-17-10-14(6)13(5)9-15(17)7/h9-12H,1-8H3,(H,23,26)(H,22,24,27). The van der Waals surface area contributed by atoms with E-state index in [2.05, 4.69) is 21.7 Å². The molecule has 0 radical (unpaired) electrons. The molecule has 0 atom stereocenters. The lowest BCUT2D eigenvalue weighted by Crippen LogP contribution is -2.44. The molecule has 0 bridgehead atoms. The van der Waals surface area contributed by atoms with E-state index in [4.69, 9.17) is 0 Å². The zero-order chi connectivity index (χ0) is 21.2. The monoisotopic (exact) mass is 402 g/mol. The molecule has 0 aliphatic rings. The molecule has 6 nitrogen and oxygen atoms in total. The van der Waals surface area contributed by atoms with Crippen molar-refractivity contribution in [3.8, 4) is 0 Å². The van der Waals surface area contributed by atoms with E-state index in [1.165, 1.54) is 16.9 Å². The molecular weight excluding hydrogens is 372 g/mol. The number of aryl methyl sites for hydroxylation is 4. The Hall–Kier alpha value is -2.41. The fourth-order valence-corrected chi connectivity index (χ4v) is 4.01. The highest BCUT2D eigenvalue weighted by Crippen LogP contribution is 2.26.